The second-order valence-corrected chi connectivity index (χ2v) is 6.10. The fourth-order valence-corrected chi connectivity index (χ4v) is 2.50. The van der Waals surface area contributed by atoms with Crippen LogP contribution in [0.1, 0.15) is 12.8 Å². The first kappa shape index (κ1) is 13.3. The number of nitrogens with one attached hydrogen (secondary N) is 1. The number of nitrogens with two attached hydrogens (primary N) is 1. The zero-order chi connectivity index (χ0) is 13.0. The molecule has 1 heterocycles. The van der Waals surface area contributed by atoms with E-state index in [-0.39, 0.29) is 17.3 Å². The van der Waals surface area contributed by atoms with Gasteiger partial charge < -0.3 is 10.5 Å². The number of pyridine rings is 1. The molecule has 1 saturated carbocycles. The molecule has 0 bridgehead atoms. The SMILES string of the molecule is Nc1cc(S(=O)(=O)NCCOCC2CC2)ccn1. The molecular formula is C11H17N3O3S. The van der Waals surface area contributed by atoms with Crippen LogP contribution in [0.4, 0.5) is 5.82 Å². The summed E-state index contributed by atoms with van der Waals surface area (Å²) in [5.74, 6) is 0.865. The fourth-order valence-electron chi connectivity index (χ4n) is 1.46. The Labute approximate surface area is 107 Å². The van der Waals surface area contributed by atoms with Crippen LogP contribution in [-0.2, 0) is 14.8 Å². The minimum absolute atomic E-state index is 0.122. The van der Waals surface area contributed by atoms with E-state index in [1.54, 1.807) is 0 Å². The highest BCUT2D eigenvalue weighted by atomic mass is 32.2. The Hall–Kier alpha value is -1.18. The maximum atomic E-state index is 11.8. The summed E-state index contributed by atoms with van der Waals surface area (Å²) in [6.07, 6.45) is 3.82. The lowest BCUT2D eigenvalue weighted by molar-refractivity contribution is 0.129. The normalized spacial score (nSPS) is 15.8. The summed E-state index contributed by atoms with van der Waals surface area (Å²) in [6, 6.07) is 2.73. The number of nitrogen functional groups attached to an aromatic ring is 1. The Bertz CT molecular complexity index is 500. The number of aromatic nitrogens is 1. The highest BCUT2D eigenvalue weighted by Crippen LogP contribution is 2.28. The van der Waals surface area contributed by atoms with Gasteiger partial charge in [0, 0.05) is 25.4 Å². The van der Waals surface area contributed by atoms with Crippen molar-refractivity contribution in [1.82, 2.24) is 9.71 Å². The lowest BCUT2D eigenvalue weighted by Gasteiger charge is -2.07. The Kier molecular flexibility index (Phi) is 4.15. The van der Waals surface area contributed by atoms with E-state index in [4.69, 9.17) is 10.5 Å². The molecule has 0 spiro atoms. The van der Waals surface area contributed by atoms with Crippen LogP contribution in [0.5, 0.6) is 0 Å². The molecule has 0 unspecified atom stereocenters. The van der Waals surface area contributed by atoms with Gasteiger partial charge in [0.2, 0.25) is 10.0 Å². The highest BCUT2D eigenvalue weighted by molar-refractivity contribution is 7.89. The molecule has 0 aliphatic heterocycles. The molecule has 7 heteroatoms. The number of ether oxygens (including phenoxy) is 1. The van der Waals surface area contributed by atoms with Crippen molar-refractivity contribution in [1.29, 1.82) is 0 Å². The summed E-state index contributed by atoms with van der Waals surface area (Å²) >= 11 is 0. The van der Waals surface area contributed by atoms with Gasteiger partial charge in [0.05, 0.1) is 11.5 Å². The summed E-state index contributed by atoms with van der Waals surface area (Å²) < 4.78 is 31.5. The van der Waals surface area contributed by atoms with E-state index in [9.17, 15) is 8.42 Å². The van der Waals surface area contributed by atoms with Gasteiger partial charge in [0.15, 0.2) is 0 Å². The van der Waals surface area contributed by atoms with Gasteiger partial charge in [-0.25, -0.2) is 18.1 Å². The number of hydrogen-bond acceptors (Lipinski definition) is 5. The van der Waals surface area contributed by atoms with E-state index in [1.807, 2.05) is 0 Å². The van der Waals surface area contributed by atoms with Crippen molar-refractivity contribution in [3.05, 3.63) is 18.3 Å². The Balaban J connectivity index is 1.79. The lowest BCUT2D eigenvalue weighted by atomic mass is 10.5. The molecule has 0 aromatic carbocycles. The first-order chi connectivity index (χ1) is 8.58. The van der Waals surface area contributed by atoms with Gasteiger partial charge >= 0.3 is 0 Å². The van der Waals surface area contributed by atoms with Gasteiger partial charge in [-0.3, -0.25) is 0 Å². The predicted octanol–water partition coefficient (Wildman–Crippen LogP) is 0.369. The smallest absolute Gasteiger partial charge is 0.240 e. The molecule has 1 aliphatic carbocycles. The lowest BCUT2D eigenvalue weighted by Crippen LogP contribution is -2.27. The second kappa shape index (κ2) is 5.64. The van der Waals surface area contributed by atoms with E-state index in [0.717, 1.165) is 6.61 Å². The molecule has 0 radical (unpaired) electrons. The van der Waals surface area contributed by atoms with Gasteiger partial charge in [0.1, 0.15) is 5.82 Å². The van der Waals surface area contributed by atoms with Crippen LogP contribution in [0.15, 0.2) is 23.2 Å². The van der Waals surface area contributed by atoms with E-state index < -0.39 is 10.0 Å². The standard InChI is InChI=1S/C11H17N3O3S/c12-11-7-10(3-4-13-11)18(15,16)14-5-6-17-8-9-1-2-9/h3-4,7,9,14H,1-2,5-6,8H2,(H2,12,13). The van der Waals surface area contributed by atoms with Crippen LogP contribution >= 0.6 is 0 Å². The van der Waals surface area contributed by atoms with Gasteiger partial charge in [-0.2, -0.15) is 0 Å². The molecule has 2 rings (SSSR count). The zero-order valence-electron chi connectivity index (χ0n) is 10.0. The minimum Gasteiger partial charge on any atom is -0.384 e. The molecule has 18 heavy (non-hydrogen) atoms. The van der Waals surface area contributed by atoms with E-state index >= 15 is 0 Å². The number of hydrogen-bond donors (Lipinski definition) is 2. The third kappa shape index (κ3) is 3.94. The maximum Gasteiger partial charge on any atom is 0.240 e. The third-order valence-electron chi connectivity index (χ3n) is 2.65. The van der Waals surface area contributed by atoms with Gasteiger partial charge in [-0.15, -0.1) is 0 Å². The highest BCUT2D eigenvalue weighted by Gasteiger charge is 2.21. The van der Waals surface area contributed by atoms with Crippen molar-refractivity contribution in [2.24, 2.45) is 5.92 Å². The maximum absolute atomic E-state index is 11.8. The van der Waals surface area contributed by atoms with Crippen molar-refractivity contribution in [3.8, 4) is 0 Å². The van der Waals surface area contributed by atoms with Crippen molar-refractivity contribution < 1.29 is 13.2 Å². The Morgan fingerprint density at radius 3 is 2.94 bits per heavy atom. The fraction of sp³-hybridized carbons (Fsp3) is 0.545. The number of anilines is 1. The van der Waals surface area contributed by atoms with Gasteiger partial charge in [-0.1, -0.05) is 0 Å². The van der Waals surface area contributed by atoms with Gasteiger partial charge in [-0.05, 0) is 24.8 Å². The van der Waals surface area contributed by atoms with Crippen LogP contribution in [0.25, 0.3) is 0 Å². The average molecular weight is 271 g/mol. The van der Waals surface area contributed by atoms with Crippen molar-refractivity contribution in [2.75, 3.05) is 25.5 Å². The predicted molar refractivity (Wildman–Crippen MR) is 67.4 cm³/mol. The van der Waals surface area contributed by atoms with Crippen molar-refractivity contribution >= 4 is 15.8 Å². The average Bonchev–Trinajstić information content (AvgIpc) is 3.12. The van der Waals surface area contributed by atoms with E-state index in [2.05, 4.69) is 9.71 Å². The summed E-state index contributed by atoms with van der Waals surface area (Å²) in [5.41, 5.74) is 5.44. The molecule has 0 atom stereocenters. The molecule has 1 aromatic heterocycles. The Morgan fingerprint density at radius 2 is 2.28 bits per heavy atom. The number of sulfonamides is 1. The largest absolute Gasteiger partial charge is 0.384 e. The zero-order valence-corrected chi connectivity index (χ0v) is 10.8. The van der Waals surface area contributed by atoms with Crippen LogP contribution in [0, 0.1) is 5.92 Å². The quantitative estimate of drug-likeness (QED) is 0.699. The third-order valence-corrected chi connectivity index (χ3v) is 4.11. The van der Waals surface area contributed by atoms with Crippen LogP contribution in [0.2, 0.25) is 0 Å². The first-order valence-electron chi connectivity index (χ1n) is 5.87. The topological polar surface area (TPSA) is 94.3 Å². The molecule has 1 aliphatic rings. The summed E-state index contributed by atoms with van der Waals surface area (Å²) in [5, 5.41) is 0. The summed E-state index contributed by atoms with van der Waals surface area (Å²) in [4.78, 5) is 3.87. The summed E-state index contributed by atoms with van der Waals surface area (Å²) in [7, 11) is -3.52. The molecule has 0 amide bonds. The van der Waals surface area contributed by atoms with Crippen LogP contribution in [0.3, 0.4) is 0 Å². The van der Waals surface area contributed by atoms with E-state index in [1.165, 1.54) is 31.2 Å². The monoisotopic (exact) mass is 271 g/mol. The molecule has 0 saturated heterocycles. The molecule has 100 valence electrons. The van der Waals surface area contributed by atoms with Crippen molar-refractivity contribution in [3.63, 3.8) is 0 Å². The molecule has 3 N–H and O–H groups in total. The van der Waals surface area contributed by atoms with E-state index in [0.29, 0.717) is 12.5 Å². The molecule has 1 aromatic rings. The van der Waals surface area contributed by atoms with Crippen LogP contribution < -0.4 is 10.5 Å². The summed E-state index contributed by atoms with van der Waals surface area (Å²) in [6.45, 7) is 1.37. The second-order valence-electron chi connectivity index (χ2n) is 4.33. The molecule has 1 fully saturated rings. The number of nitrogens with zero attached hydrogens (tertiary/aromatic N) is 1. The van der Waals surface area contributed by atoms with Crippen molar-refractivity contribution in [2.45, 2.75) is 17.7 Å². The minimum atomic E-state index is -3.52. The first-order valence-corrected chi connectivity index (χ1v) is 7.35. The van der Waals surface area contributed by atoms with Crippen LogP contribution in [-0.4, -0.2) is 33.2 Å². The molecule has 6 nitrogen and oxygen atoms in total. The van der Waals surface area contributed by atoms with Gasteiger partial charge in [0.25, 0.3) is 0 Å². The molecular weight excluding hydrogens is 254 g/mol. The Morgan fingerprint density at radius 1 is 1.50 bits per heavy atom. The number of rotatable bonds is 7.